The highest BCUT2D eigenvalue weighted by atomic mass is 14.9. The maximum absolute atomic E-state index is 3.74. The van der Waals surface area contributed by atoms with Crippen LogP contribution in [0.5, 0.6) is 0 Å². The highest BCUT2D eigenvalue weighted by molar-refractivity contribution is 5.32. The van der Waals surface area contributed by atoms with Gasteiger partial charge in [0, 0.05) is 6.04 Å². The molecule has 2 atom stereocenters. The molecule has 1 aromatic carbocycles. The zero-order valence-electron chi connectivity index (χ0n) is 10.4. The Balaban J connectivity index is 1.83. The molecule has 0 spiro atoms. The molecule has 2 N–H and O–H groups in total. The summed E-state index contributed by atoms with van der Waals surface area (Å²) in [4.78, 5) is 0. The minimum absolute atomic E-state index is 0.597. The van der Waals surface area contributed by atoms with Crippen molar-refractivity contribution in [2.45, 2.75) is 31.7 Å². The van der Waals surface area contributed by atoms with Crippen LogP contribution in [0, 0.1) is 5.92 Å². The molecule has 1 aromatic rings. The van der Waals surface area contributed by atoms with Gasteiger partial charge in [0.05, 0.1) is 0 Å². The third kappa shape index (κ3) is 2.38. The molecule has 2 heterocycles. The van der Waals surface area contributed by atoms with Crippen LogP contribution in [-0.2, 0) is 6.42 Å². The van der Waals surface area contributed by atoms with E-state index in [1.807, 2.05) is 0 Å². The quantitative estimate of drug-likeness (QED) is 0.773. The minimum atomic E-state index is 0.597. The van der Waals surface area contributed by atoms with Gasteiger partial charge < -0.3 is 10.6 Å². The first-order valence-corrected chi connectivity index (χ1v) is 6.97. The molecule has 0 radical (unpaired) electrons. The highest BCUT2D eigenvalue weighted by Gasteiger charge is 2.27. The monoisotopic (exact) mass is 230 g/mol. The van der Waals surface area contributed by atoms with Crippen LogP contribution in [0.15, 0.2) is 24.3 Å². The molecule has 2 heteroatoms. The summed E-state index contributed by atoms with van der Waals surface area (Å²) in [6.07, 6.45) is 5.19. The fourth-order valence-corrected chi connectivity index (χ4v) is 3.34. The van der Waals surface area contributed by atoms with Gasteiger partial charge in [-0.15, -0.1) is 0 Å². The molecule has 0 aliphatic carbocycles. The van der Waals surface area contributed by atoms with Gasteiger partial charge in [-0.3, -0.25) is 0 Å². The lowest BCUT2D eigenvalue weighted by molar-refractivity contribution is 0.321. The lowest BCUT2D eigenvalue weighted by Crippen LogP contribution is -2.35. The van der Waals surface area contributed by atoms with Crippen molar-refractivity contribution >= 4 is 0 Å². The maximum atomic E-state index is 3.74. The molecule has 1 saturated heterocycles. The fourth-order valence-electron chi connectivity index (χ4n) is 3.34. The van der Waals surface area contributed by atoms with E-state index in [1.54, 1.807) is 11.1 Å². The Morgan fingerprint density at radius 1 is 1.00 bits per heavy atom. The zero-order valence-corrected chi connectivity index (χ0v) is 10.4. The zero-order chi connectivity index (χ0) is 11.5. The van der Waals surface area contributed by atoms with Crippen LogP contribution >= 0.6 is 0 Å². The highest BCUT2D eigenvalue weighted by Crippen LogP contribution is 2.33. The molecule has 0 aromatic heterocycles. The molecule has 0 amide bonds. The van der Waals surface area contributed by atoms with Gasteiger partial charge in [0.25, 0.3) is 0 Å². The lowest BCUT2D eigenvalue weighted by atomic mass is 9.83. The summed E-state index contributed by atoms with van der Waals surface area (Å²) in [6, 6.07) is 9.59. The summed E-state index contributed by atoms with van der Waals surface area (Å²) in [5.74, 6) is 0.812. The molecule has 2 aliphatic rings. The van der Waals surface area contributed by atoms with Crippen LogP contribution in [0.4, 0.5) is 0 Å². The molecule has 2 unspecified atom stereocenters. The second-order valence-electron chi connectivity index (χ2n) is 5.32. The van der Waals surface area contributed by atoms with E-state index in [-0.39, 0.29) is 0 Å². The van der Waals surface area contributed by atoms with Crippen LogP contribution in [0.3, 0.4) is 0 Å². The number of benzene rings is 1. The first-order chi connectivity index (χ1) is 8.45. The van der Waals surface area contributed by atoms with E-state index >= 15 is 0 Å². The second kappa shape index (κ2) is 5.19. The van der Waals surface area contributed by atoms with Crippen LogP contribution in [0.2, 0.25) is 0 Å². The molecule has 0 bridgehead atoms. The van der Waals surface area contributed by atoms with Crippen molar-refractivity contribution in [2.75, 3.05) is 19.6 Å². The predicted molar refractivity (Wildman–Crippen MR) is 71.1 cm³/mol. The van der Waals surface area contributed by atoms with Crippen LogP contribution < -0.4 is 10.6 Å². The molecular formula is C15H22N2. The molecule has 2 aliphatic heterocycles. The van der Waals surface area contributed by atoms with Crippen molar-refractivity contribution < 1.29 is 0 Å². The van der Waals surface area contributed by atoms with Crippen molar-refractivity contribution in [3.05, 3.63) is 35.4 Å². The largest absolute Gasteiger partial charge is 0.317 e. The summed E-state index contributed by atoms with van der Waals surface area (Å²) in [5.41, 5.74) is 3.12. The van der Waals surface area contributed by atoms with E-state index in [9.17, 15) is 0 Å². The number of hydrogen-bond donors (Lipinski definition) is 2. The van der Waals surface area contributed by atoms with Gasteiger partial charge in [0.15, 0.2) is 0 Å². The standard InChI is InChI=1S/C15H22N2/c1-2-6-14-12(4-1)8-11-17-15(14)13-5-3-9-16-10-7-13/h1-2,4,6,13,15-17H,3,5,7-11H2. The van der Waals surface area contributed by atoms with E-state index in [0.29, 0.717) is 6.04 Å². The molecule has 3 rings (SSSR count). The van der Waals surface area contributed by atoms with Crippen molar-refractivity contribution in [1.29, 1.82) is 0 Å². The van der Waals surface area contributed by atoms with Gasteiger partial charge in [-0.05, 0) is 62.4 Å². The number of fused-ring (bicyclic) bond motifs is 1. The first kappa shape index (κ1) is 11.2. The summed E-state index contributed by atoms with van der Waals surface area (Å²) in [7, 11) is 0. The Morgan fingerprint density at radius 2 is 1.94 bits per heavy atom. The second-order valence-corrected chi connectivity index (χ2v) is 5.32. The van der Waals surface area contributed by atoms with E-state index in [2.05, 4.69) is 34.9 Å². The number of rotatable bonds is 1. The Hall–Kier alpha value is -0.860. The van der Waals surface area contributed by atoms with Gasteiger partial charge in [-0.1, -0.05) is 24.3 Å². The van der Waals surface area contributed by atoms with E-state index in [4.69, 9.17) is 0 Å². The van der Waals surface area contributed by atoms with Gasteiger partial charge in [0.1, 0.15) is 0 Å². The molecule has 17 heavy (non-hydrogen) atoms. The Labute approximate surface area is 104 Å². The first-order valence-electron chi connectivity index (χ1n) is 6.97. The average Bonchev–Trinajstić information content (AvgIpc) is 2.67. The maximum Gasteiger partial charge on any atom is 0.0352 e. The van der Waals surface area contributed by atoms with E-state index < -0.39 is 0 Å². The Bertz CT molecular complexity index is 367. The van der Waals surface area contributed by atoms with Crippen LogP contribution in [-0.4, -0.2) is 19.6 Å². The normalized spacial score (nSPS) is 29.4. The number of nitrogens with one attached hydrogen (secondary N) is 2. The Kier molecular flexibility index (Phi) is 3.44. The van der Waals surface area contributed by atoms with Crippen molar-refractivity contribution in [3.8, 4) is 0 Å². The topological polar surface area (TPSA) is 24.1 Å². The smallest absolute Gasteiger partial charge is 0.0352 e. The average molecular weight is 230 g/mol. The third-order valence-corrected chi connectivity index (χ3v) is 4.24. The fraction of sp³-hybridized carbons (Fsp3) is 0.600. The van der Waals surface area contributed by atoms with Crippen molar-refractivity contribution in [3.63, 3.8) is 0 Å². The summed E-state index contributed by atoms with van der Waals surface area (Å²) in [6.45, 7) is 3.53. The Morgan fingerprint density at radius 3 is 2.94 bits per heavy atom. The van der Waals surface area contributed by atoms with Crippen molar-refractivity contribution in [1.82, 2.24) is 10.6 Å². The van der Waals surface area contributed by atoms with Gasteiger partial charge in [-0.2, -0.15) is 0 Å². The SMILES string of the molecule is c1ccc2c(c1)CCNC2C1CCCNCC1. The molecule has 92 valence electrons. The molecule has 2 nitrogen and oxygen atoms in total. The minimum Gasteiger partial charge on any atom is -0.317 e. The summed E-state index contributed by atoms with van der Waals surface area (Å²) in [5, 5.41) is 7.26. The van der Waals surface area contributed by atoms with Gasteiger partial charge in [-0.25, -0.2) is 0 Å². The van der Waals surface area contributed by atoms with Gasteiger partial charge >= 0.3 is 0 Å². The van der Waals surface area contributed by atoms with Crippen LogP contribution in [0.1, 0.15) is 36.4 Å². The van der Waals surface area contributed by atoms with E-state index in [1.165, 1.54) is 38.8 Å². The summed E-state index contributed by atoms with van der Waals surface area (Å²) >= 11 is 0. The van der Waals surface area contributed by atoms with E-state index in [0.717, 1.165) is 12.5 Å². The number of hydrogen-bond acceptors (Lipinski definition) is 2. The summed E-state index contributed by atoms with van der Waals surface area (Å²) < 4.78 is 0. The molecule has 1 fully saturated rings. The predicted octanol–water partition coefficient (Wildman–Crippen LogP) is 2.26. The molecular weight excluding hydrogens is 208 g/mol. The molecule has 0 saturated carbocycles. The lowest BCUT2D eigenvalue weighted by Gasteiger charge is -2.33. The third-order valence-electron chi connectivity index (χ3n) is 4.24. The van der Waals surface area contributed by atoms with Crippen molar-refractivity contribution in [2.24, 2.45) is 5.92 Å². The van der Waals surface area contributed by atoms with Crippen LogP contribution in [0.25, 0.3) is 0 Å². The van der Waals surface area contributed by atoms with Gasteiger partial charge in [0.2, 0.25) is 0 Å².